The molecule has 2 heterocycles. The average molecular weight is 482 g/mol. The highest BCUT2D eigenvalue weighted by Crippen LogP contribution is 2.30. The molecule has 1 amide bonds. The summed E-state index contributed by atoms with van der Waals surface area (Å²) < 4.78 is 25.4. The minimum Gasteiger partial charge on any atom is -0.483 e. The highest BCUT2D eigenvalue weighted by atomic mass is 32.1. The number of nitrogens with one attached hydrogen (secondary N) is 1. The second kappa shape index (κ2) is 9.84. The maximum atomic E-state index is 13.8. The number of benzene rings is 2. The first-order valence-electron chi connectivity index (χ1n) is 10.3. The number of hydrogen-bond acceptors (Lipinski definition) is 7. The Bertz CT molecular complexity index is 1450. The zero-order valence-electron chi connectivity index (χ0n) is 18.3. The molecule has 0 spiro atoms. The van der Waals surface area contributed by atoms with Gasteiger partial charge in [-0.3, -0.25) is 9.59 Å². The third-order valence-electron chi connectivity index (χ3n) is 4.88. The summed E-state index contributed by atoms with van der Waals surface area (Å²) in [6, 6.07) is 12.5. The molecule has 1 N–H and O–H groups in total. The van der Waals surface area contributed by atoms with Gasteiger partial charge < -0.3 is 14.8 Å². The fourth-order valence-electron chi connectivity index (χ4n) is 3.30. The molecule has 0 aliphatic rings. The van der Waals surface area contributed by atoms with Crippen LogP contribution in [0.3, 0.4) is 0 Å². The number of anilines is 1. The number of aryl methyl sites for hydroxylation is 1. The number of thiophene rings is 1. The van der Waals surface area contributed by atoms with E-state index in [4.69, 9.17) is 9.47 Å². The summed E-state index contributed by atoms with van der Waals surface area (Å²) >= 11 is 1.06. The van der Waals surface area contributed by atoms with Gasteiger partial charge in [0.1, 0.15) is 16.6 Å². The number of aromatic nitrogens is 2. The highest BCUT2D eigenvalue weighted by Gasteiger charge is 2.23. The number of carbonyl (C=O) groups excluding carboxylic acids is 2. The number of ether oxygens (including phenoxy) is 2. The summed E-state index contributed by atoms with van der Waals surface area (Å²) in [6.45, 7) is 3.33. The fraction of sp³-hybridized carbons (Fsp3) is 0.167. The third kappa shape index (κ3) is 4.67. The van der Waals surface area contributed by atoms with E-state index in [1.807, 2.05) is 19.1 Å². The van der Waals surface area contributed by atoms with Gasteiger partial charge in [-0.1, -0.05) is 24.3 Å². The van der Waals surface area contributed by atoms with Gasteiger partial charge in [-0.2, -0.15) is 9.78 Å². The Morgan fingerprint density at radius 2 is 1.97 bits per heavy atom. The van der Waals surface area contributed by atoms with E-state index in [1.54, 1.807) is 24.4 Å². The van der Waals surface area contributed by atoms with Crippen molar-refractivity contribution in [1.82, 2.24) is 9.78 Å². The molecule has 0 aliphatic heterocycles. The smallest absolute Gasteiger partial charge is 0.359 e. The van der Waals surface area contributed by atoms with Crippen molar-refractivity contribution in [3.8, 4) is 11.4 Å². The summed E-state index contributed by atoms with van der Waals surface area (Å²) in [6.07, 6.45) is 0. The minimum atomic E-state index is -0.740. The lowest BCUT2D eigenvalue weighted by atomic mass is 10.2. The van der Waals surface area contributed by atoms with Crippen LogP contribution >= 0.6 is 11.3 Å². The zero-order valence-corrected chi connectivity index (χ0v) is 19.1. The second-order valence-electron chi connectivity index (χ2n) is 7.22. The van der Waals surface area contributed by atoms with Crippen LogP contribution in [0, 0.1) is 12.7 Å². The van der Waals surface area contributed by atoms with Crippen molar-refractivity contribution in [2.24, 2.45) is 0 Å². The summed E-state index contributed by atoms with van der Waals surface area (Å²) in [4.78, 5) is 38.5. The topological polar surface area (TPSA) is 99.5 Å². The molecule has 8 nitrogen and oxygen atoms in total. The van der Waals surface area contributed by atoms with E-state index in [0.29, 0.717) is 5.75 Å². The van der Waals surface area contributed by atoms with Crippen LogP contribution in [-0.2, 0) is 9.53 Å². The SMILES string of the molecule is CCOC(=O)c1nn(-c2cccc(F)c2)c(=O)c2c(NC(=O)COc3ccccc3C)scc12. The van der Waals surface area contributed by atoms with Crippen molar-refractivity contribution in [3.63, 3.8) is 0 Å². The summed E-state index contributed by atoms with van der Waals surface area (Å²) in [7, 11) is 0. The molecule has 0 bridgehead atoms. The Morgan fingerprint density at radius 3 is 2.71 bits per heavy atom. The van der Waals surface area contributed by atoms with Gasteiger partial charge in [0, 0.05) is 10.8 Å². The molecule has 0 radical (unpaired) electrons. The quantitative estimate of drug-likeness (QED) is 0.399. The first-order chi connectivity index (χ1) is 16.4. The molecule has 2 aromatic carbocycles. The van der Waals surface area contributed by atoms with Gasteiger partial charge in [-0.15, -0.1) is 11.3 Å². The number of hydrogen-bond donors (Lipinski definition) is 1. The first kappa shape index (κ1) is 23.1. The number of rotatable bonds is 7. The lowest BCUT2D eigenvalue weighted by molar-refractivity contribution is -0.118. The second-order valence-corrected chi connectivity index (χ2v) is 8.10. The van der Waals surface area contributed by atoms with Crippen LogP contribution in [-0.4, -0.2) is 34.9 Å². The van der Waals surface area contributed by atoms with Crippen molar-refractivity contribution in [2.45, 2.75) is 13.8 Å². The molecule has 0 unspecified atom stereocenters. The van der Waals surface area contributed by atoms with Crippen LogP contribution in [0.4, 0.5) is 9.39 Å². The predicted octanol–water partition coefficient (Wildman–Crippen LogP) is 4.09. The first-order valence-corrected chi connectivity index (χ1v) is 11.2. The van der Waals surface area contributed by atoms with Crippen LogP contribution in [0.15, 0.2) is 58.7 Å². The Balaban J connectivity index is 1.73. The van der Waals surface area contributed by atoms with Crippen LogP contribution < -0.4 is 15.6 Å². The molecule has 174 valence electrons. The predicted molar refractivity (Wildman–Crippen MR) is 126 cm³/mol. The van der Waals surface area contributed by atoms with Crippen molar-refractivity contribution in [2.75, 3.05) is 18.5 Å². The van der Waals surface area contributed by atoms with Crippen molar-refractivity contribution in [1.29, 1.82) is 0 Å². The number of esters is 1. The van der Waals surface area contributed by atoms with E-state index in [1.165, 1.54) is 18.2 Å². The highest BCUT2D eigenvalue weighted by molar-refractivity contribution is 7.16. The molecule has 4 aromatic rings. The Morgan fingerprint density at radius 1 is 1.18 bits per heavy atom. The Kier molecular flexibility index (Phi) is 6.69. The lowest BCUT2D eigenvalue weighted by Crippen LogP contribution is -2.26. The molecular weight excluding hydrogens is 461 g/mol. The molecule has 0 aliphatic carbocycles. The summed E-state index contributed by atoms with van der Waals surface area (Å²) in [5.74, 6) is -1.23. The molecule has 0 saturated heterocycles. The number of nitrogens with zero attached hydrogens (tertiary/aromatic N) is 2. The fourth-order valence-corrected chi connectivity index (χ4v) is 4.25. The van der Waals surface area contributed by atoms with E-state index in [0.717, 1.165) is 27.6 Å². The number of fused-ring (bicyclic) bond motifs is 1. The Labute approximate surface area is 197 Å². The number of para-hydroxylation sites is 1. The number of carbonyl (C=O) groups is 2. The van der Waals surface area contributed by atoms with Crippen molar-refractivity contribution in [3.05, 3.63) is 81.3 Å². The van der Waals surface area contributed by atoms with Gasteiger partial charge >= 0.3 is 5.97 Å². The minimum absolute atomic E-state index is 0.0663. The number of amides is 1. The molecule has 4 rings (SSSR count). The van der Waals surface area contributed by atoms with E-state index in [-0.39, 0.29) is 40.4 Å². The van der Waals surface area contributed by atoms with Crippen molar-refractivity contribution < 1.29 is 23.5 Å². The molecule has 0 fully saturated rings. The molecule has 0 saturated carbocycles. The van der Waals surface area contributed by atoms with Crippen LogP contribution in [0.1, 0.15) is 23.0 Å². The van der Waals surface area contributed by atoms with E-state index < -0.39 is 23.3 Å². The lowest BCUT2D eigenvalue weighted by Gasteiger charge is -2.11. The van der Waals surface area contributed by atoms with Gasteiger partial charge in [0.25, 0.3) is 11.5 Å². The van der Waals surface area contributed by atoms with Crippen LogP contribution in [0.5, 0.6) is 5.75 Å². The molecule has 2 aromatic heterocycles. The van der Waals surface area contributed by atoms with E-state index >= 15 is 0 Å². The van der Waals surface area contributed by atoms with Gasteiger partial charge in [-0.05, 0) is 43.7 Å². The van der Waals surface area contributed by atoms with E-state index in [9.17, 15) is 18.8 Å². The molecule has 0 atom stereocenters. The standard InChI is InChI=1S/C24H20FN3O5S/c1-3-32-24(31)21-17-13-34-22(26-19(29)12-33-18-10-5-4-7-14(18)2)20(17)23(30)28(27-21)16-9-6-8-15(25)11-16/h4-11,13H,3,12H2,1-2H3,(H,26,29). The summed E-state index contributed by atoms with van der Waals surface area (Å²) in [5.41, 5.74) is 0.266. The van der Waals surface area contributed by atoms with Crippen LogP contribution in [0.2, 0.25) is 0 Å². The summed E-state index contributed by atoms with van der Waals surface area (Å²) in [5, 5.41) is 8.87. The van der Waals surface area contributed by atoms with Gasteiger partial charge in [0.15, 0.2) is 12.3 Å². The molecule has 10 heteroatoms. The molecular formula is C24H20FN3O5S. The number of halogens is 1. The zero-order chi connectivity index (χ0) is 24.2. The third-order valence-corrected chi connectivity index (χ3v) is 5.77. The average Bonchev–Trinajstić information content (AvgIpc) is 3.23. The van der Waals surface area contributed by atoms with Crippen LogP contribution in [0.25, 0.3) is 16.5 Å². The van der Waals surface area contributed by atoms with Gasteiger partial charge in [0.2, 0.25) is 0 Å². The van der Waals surface area contributed by atoms with E-state index in [2.05, 4.69) is 10.4 Å². The van der Waals surface area contributed by atoms with Crippen molar-refractivity contribution >= 4 is 39.0 Å². The Hall–Kier alpha value is -4.05. The maximum Gasteiger partial charge on any atom is 0.359 e. The monoisotopic (exact) mass is 481 g/mol. The van der Waals surface area contributed by atoms with Gasteiger partial charge in [-0.25, -0.2) is 9.18 Å². The normalized spacial score (nSPS) is 10.8. The largest absolute Gasteiger partial charge is 0.483 e. The van der Waals surface area contributed by atoms with Gasteiger partial charge in [0.05, 0.1) is 17.7 Å². The maximum absolute atomic E-state index is 13.8. The molecule has 34 heavy (non-hydrogen) atoms.